The van der Waals surface area contributed by atoms with E-state index in [1.54, 1.807) is 50.6 Å². The van der Waals surface area contributed by atoms with Crippen molar-refractivity contribution in [2.75, 3.05) is 27.4 Å². The molecule has 0 radical (unpaired) electrons. The number of benzene rings is 2. The molecule has 6 heteroatoms. The van der Waals surface area contributed by atoms with Gasteiger partial charge in [-0.1, -0.05) is 6.07 Å². The third-order valence-corrected chi connectivity index (χ3v) is 4.11. The first-order valence-corrected chi connectivity index (χ1v) is 8.46. The maximum Gasteiger partial charge on any atom is 0.338 e. The lowest BCUT2D eigenvalue weighted by Crippen LogP contribution is -2.31. The van der Waals surface area contributed by atoms with E-state index in [1.807, 2.05) is 6.92 Å². The molecule has 0 aliphatic carbocycles. The monoisotopic (exact) mass is 358 g/mol. The Bertz CT molecular complexity index is 769. The molecule has 0 unspecified atom stereocenters. The van der Waals surface area contributed by atoms with Crippen LogP contribution in [0.2, 0.25) is 0 Å². The summed E-state index contributed by atoms with van der Waals surface area (Å²) in [4.78, 5) is 12.5. The van der Waals surface area contributed by atoms with Crippen molar-refractivity contribution in [1.82, 2.24) is 0 Å². The van der Waals surface area contributed by atoms with Crippen LogP contribution in [0.15, 0.2) is 36.4 Å². The van der Waals surface area contributed by atoms with Gasteiger partial charge in [-0.3, -0.25) is 0 Å². The number of ether oxygens (including phenoxy) is 5. The number of hydrogen-bond acceptors (Lipinski definition) is 6. The van der Waals surface area contributed by atoms with Crippen LogP contribution in [0.1, 0.15) is 22.8 Å². The average molecular weight is 358 g/mol. The summed E-state index contributed by atoms with van der Waals surface area (Å²) < 4.78 is 27.5. The molecule has 1 heterocycles. The van der Waals surface area contributed by atoms with Gasteiger partial charge in [-0.2, -0.15) is 0 Å². The molecule has 0 bridgehead atoms. The first-order valence-electron chi connectivity index (χ1n) is 8.46. The molecular weight excluding hydrogens is 336 g/mol. The summed E-state index contributed by atoms with van der Waals surface area (Å²) in [5.41, 5.74) is 1.31. The second-order valence-electron chi connectivity index (χ2n) is 5.81. The summed E-state index contributed by atoms with van der Waals surface area (Å²) in [6.07, 6.45) is 0.118. The van der Waals surface area contributed by atoms with Gasteiger partial charge >= 0.3 is 5.97 Å². The minimum atomic E-state index is -0.406. The highest BCUT2D eigenvalue weighted by molar-refractivity contribution is 5.90. The summed E-state index contributed by atoms with van der Waals surface area (Å²) in [6.45, 7) is 2.71. The molecule has 0 saturated carbocycles. The SMILES string of the molecule is CCOc1cccc(C(=O)O[C@H]2COc3cc(OC)cc(OC)c3C2)c1. The van der Waals surface area contributed by atoms with Crippen LogP contribution in [0.3, 0.4) is 0 Å². The van der Waals surface area contributed by atoms with Gasteiger partial charge in [-0.05, 0) is 25.1 Å². The molecule has 3 rings (SSSR count). The molecule has 1 atom stereocenters. The lowest BCUT2D eigenvalue weighted by molar-refractivity contribution is 0.0128. The number of esters is 1. The normalized spacial score (nSPS) is 15.4. The summed E-state index contributed by atoms with van der Waals surface area (Å²) in [7, 11) is 3.18. The zero-order valence-corrected chi connectivity index (χ0v) is 15.1. The molecule has 0 fully saturated rings. The molecule has 26 heavy (non-hydrogen) atoms. The standard InChI is InChI=1S/C20H22O6/c1-4-24-14-7-5-6-13(8-14)20(21)26-16-9-17-18(23-3)10-15(22-2)11-19(17)25-12-16/h5-8,10-11,16H,4,9,12H2,1-3H3/t16-/m1/s1. The molecule has 1 aliphatic heterocycles. The van der Waals surface area contributed by atoms with Crippen molar-refractivity contribution in [2.24, 2.45) is 0 Å². The van der Waals surface area contributed by atoms with Crippen molar-refractivity contribution in [1.29, 1.82) is 0 Å². The second kappa shape index (κ2) is 7.99. The predicted octanol–water partition coefficient (Wildman–Crippen LogP) is 3.26. The molecule has 138 valence electrons. The minimum absolute atomic E-state index is 0.278. The topological polar surface area (TPSA) is 63.2 Å². The molecule has 1 aliphatic rings. The minimum Gasteiger partial charge on any atom is -0.496 e. The first kappa shape index (κ1) is 17.9. The number of methoxy groups -OCH3 is 2. The van der Waals surface area contributed by atoms with Gasteiger partial charge in [0.15, 0.2) is 0 Å². The number of hydrogen-bond donors (Lipinski definition) is 0. The van der Waals surface area contributed by atoms with Gasteiger partial charge in [-0.15, -0.1) is 0 Å². The van der Waals surface area contributed by atoms with Crippen molar-refractivity contribution in [2.45, 2.75) is 19.4 Å². The molecule has 0 N–H and O–H groups in total. The first-order chi connectivity index (χ1) is 12.6. The molecule has 0 amide bonds. The van der Waals surface area contributed by atoms with Crippen molar-refractivity contribution >= 4 is 5.97 Å². The van der Waals surface area contributed by atoms with Gasteiger partial charge in [0.25, 0.3) is 0 Å². The fourth-order valence-electron chi connectivity index (χ4n) is 2.87. The zero-order valence-electron chi connectivity index (χ0n) is 15.1. The van der Waals surface area contributed by atoms with Crippen LogP contribution in [-0.2, 0) is 11.2 Å². The Balaban J connectivity index is 1.73. The second-order valence-corrected chi connectivity index (χ2v) is 5.81. The Hall–Kier alpha value is -2.89. The largest absolute Gasteiger partial charge is 0.496 e. The number of carbonyl (C=O) groups is 1. The van der Waals surface area contributed by atoms with E-state index in [4.69, 9.17) is 23.7 Å². The summed E-state index contributed by atoms with van der Waals surface area (Å²) in [5.74, 6) is 2.23. The van der Waals surface area contributed by atoms with Crippen molar-refractivity contribution in [3.05, 3.63) is 47.5 Å². The Kier molecular flexibility index (Phi) is 5.51. The van der Waals surface area contributed by atoms with Gasteiger partial charge < -0.3 is 23.7 Å². The summed E-state index contributed by atoms with van der Waals surface area (Å²) in [6, 6.07) is 10.5. The summed E-state index contributed by atoms with van der Waals surface area (Å²) >= 11 is 0. The average Bonchev–Trinajstić information content (AvgIpc) is 2.67. The van der Waals surface area contributed by atoms with Crippen LogP contribution in [0.4, 0.5) is 0 Å². The van der Waals surface area contributed by atoms with E-state index in [-0.39, 0.29) is 6.61 Å². The van der Waals surface area contributed by atoms with Gasteiger partial charge in [0.2, 0.25) is 0 Å². The van der Waals surface area contributed by atoms with E-state index in [9.17, 15) is 4.79 Å². The third-order valence-electron chi connectivity index (χ3n) is 4.11. The molecule has 2 aromatic rings. The van der Waals surface area contributed by atoms with Crippen molar-refractivity contribution in [3.63, 3.8) is 0 Å². The zero-order chi connectivity index (χ0) is 18.5. The highest BCUT2D eigenvalue weighted by Gasteiger charge is 2.27. The fraction of sp³-hybridized carbons (Fsp3) is 0.350. The van der Waals surface area contributed by atoms with Gasteiger partial charge in [0.1, 0.15) is 35.7 Å². The Morgan fingerprint density at radius 3 is 2.73 bits per heavy atom. The number of rotatable bonds is 6. The highest BCUT2D eigenvalue weighted by Crippen LogP contribution is 2.37. The van der Waals surface area contributed by atoms with Crippen LogP contribution >= 0.6 is 0 Å². The van der Waals surface area contributed by atoms with E-state index in [2.05, 4.69) is 0 Å². The Labute approximate surface area is 152 Å². The Morgan fingerprint density at radius 2 is 2.00 bits per heavy atom. The van der Waals surface area contributed by atoms with Crippen molar-refractivity contribution in [3.8, 4) is 23.0 Å². The van der Waals surface area contributed by atoms with Gasteiger partial charge in [0.05, 0.1) is 26.4 Å². The quantitative estimate of drug-likeness (QED) is 0.739. The fourth-order valence-corrected chi connectivity index (χ4v) is 2.87. The lowest BCUT2D eigenvalue weighted by Gasteiger charge is -2.27. The van der Waals surface area contributed by atoms with Gasteiger partial charge in [0, 0.05) is 24.1 Å². The van der Waals surface area contributed by atoms with Crippen LogP contribution in [0.5, 0.6) is 23.0 Å². The smallest absolute Gasteiger partial charge is 0.338 e. The highest BCUT2D eigenvalue weighted by atomic mass is 16.6. The van der Waals surface area contributed by atoms with Crippen LogP contribution < -0.4 is 18.9 Å². The van der Waals surface area contributed by atoms with E-state index in [0.717, 1.165) is 5.56 Å². The molecule has 0 spiro atoms. The maximum absolute atomic E-state index is 12.5. The van der Waals surface area contributed by atoms with Crippen LogP contribution in [-0.4, -0.2) is 39.5 Å². The lowest BCUT2D eigenvalue weighted by atomic mass is 10.0. The third kappa shape index (κ3) is 3.85. The Morgan fingerprint density at radius 1 is 1.15 bits per heavy atom. The molecule has 0 aromatic heterocycles. The number of fused-ring (bicyclic) bond motifs is 1. The van der Waals surface area contributed by atoms with Gasteiger partial charge in [-0.25, -0.2) is 4.79 Å². The molecule has 6 nitrogen and oxygen atoms in total. The van der Waals surface area contributed by atoms with E-state index < -0.39 is 12.1 Å². The van der Waals surface area contributed by atoms with Crippen LogP contribution in [0, 0.1) is 0 Å². The van der Waals surface area contributed by atoms with Crippen LogP contribution in [0.25, 0.3) is 0 Å². The predicted molar refractivity (Wildman–Crippen MR) is 95.6 cm³/mol. The molecule has 0 saturated heterocycles. The maximum atomic E-state index is 12.5. The summed E-state index contributed by atoms with van der Waals surface area (Å²) in [5, 5.41) is 0. The molecule has 2 aromatic carbocycles. The van der Waals surface area contributed by atoms with E-state index in [1.165, 1.54) is 0 Å². The molecular formula is C20H22O6. The number of carbonyl (C=O) groups excluding carboxylic acids is 1. The van der Waals surface area contributed by atoms with E-state index >= 15 is 0 Å². The van der Waals surface area contributed by atoms with Crippen molar-refractivity contribution < 1.29 is 28.5 Å². The van der Waals surface area contributed by atoms with E-state index in [0.29, 0.717) is 41.6 Å².